The number of nitrogens with one attached hydrogen (secondary N) is 1. The van der Waals surface area contributed by atoms with Gasteiger partial charge in [-0.1, -0.05) is 18.5 Å². The summed E-state index contributed by atoms with van der Waals surface area (Å²) >= 11 is 5.77. The van der Waals surface area contributed by atoms with Crippen LogP contribution in [-0.2, 0) is 0 Å². The molecule has 0 amide bonds. The van der Waals surface area contributed by atoms with Crippen LogP contribution in [0.5, 0.6) is 0 Å². The molecule has 1 heterocycles. The normalized spacial score (nSPS) is 12.9. The molecule has 0 spiro atoms. The molecule has 1 unspecified atom stereocenters. The van der Waals surface area contributed by atoms with Gasteiger partial charge in [-0.2, -0.15) is 0 Å². The number of halogens is 1. The first-order chi connectivity index (χ1) is 5.77. The summed E-state index contributed by atoms with van der Waals surface area (Å²) < 4.78 is 0. The number of nitrogens with zero attached hydrogens (tertiary/aromatic N) is 1. The van der Waals surface area contributed by atoms with Gasteiger partial charge in [0.25, 0.3) is 0 Å². The van der Waals surface area contributed by atoms with Gasteiger partial charge in [-0.25, -0.2) is 0 Å². The average Bonchev–Trinajstić information content (AvgIpc) is 2.07. The van der Waals surface area contributed by atoms with Crippen LogP contribution in [0.25, 0.3) is 0 Å². The van der Waals surface area contributed by atoms with Crippen LogP contribution in [0, 0.1) is 0 Å². The SMILES string of the molecule is CCC(NN)c1cncc(Cl)c1. The molecule has 0 fully saturated rings. The molecule has 1 rings (SSSR count). The number of hydrogen-bond acceptors (Lipinski definition) is 3. The molecule has 0 radical (unpaired) electrons. The van der Waals surface area contributed by atoms with Gasteiger partial charge in [0.15, 0.2) is 0 Å². The van der Waals surface area contributed by atoms with Crippen LogP contribution in [0.1, 0.15) is 24.9 Å². The molecule has 0 aliphatic rings. The fourth-order valence-corrected chi connectivity index (χ4v) is 1.25. The van der Waals surface area contributed by atoms with Crippen molar-refractivity contribution < 1.29 is 0 Å². The van der Waals surface area contributed by atoms with E-state index >= 15 is 0 Å². The van der Waals surface area contributed by atoms with Gasteiger partial charge in [0.05, 0.1) is 5.02 Å². The minimum Gasteiger partial charge on any atom is -0.271 e. The molecule has 0 aromatic carbocycles. The monoisotopic (exact) mass is 185 g/mol. The maximum absolute atomic E-state index is 5.77. The Bertz CT molecular complexity index is 248. The van der Waals surface area contributed by atoms with Crippen LogP contribution in [0.2, 0.25) is 5.02 Å². The molecular formula is C8H12ClN3. The summed E-state index contributed by atoms with van der Waals surface area (Å²) in [6.45, 7) is 2.05. The number of aromatic nitrogens is 1. The lowest BCUT2D eigenvalue weighted by molar-refractivity contribution is 0.537. The third kappa shape index (κ3) is 2.17. The number of hydrazine groups is 1. The van der Waals surface area contributed by atoms with Gasteiger partial charge in [0, 0.05) is 18.4 Å². The summed E-state index contributed by atoms with van der Waals surface area (Å²) in [7, 11) is 0. The van der Waals surface area contributed by atoms with E-state index in [1.807, 2.05) is 13.0 Å². The van der Waals surface area contributed by atoms with E-state index < -0.39 is 0 Å². The Morgan fingerprint density at radius 1 is 1.67 bits per heavy atom. The quantitative estimate of drug-likeness (QED) is 0.556. The smallest absolute Gasteiger partial charge is 0.0592 e. The molecule has 3 N–H and O–H groups in total. The third-order valence-corrected chi connectivity index (χ3v) is 1.94. The summed E-state index contributed by atoms with van der Waals surface area (Å²) in [6.07, 6.45) is 4.28. The van der Waals surface area contributed by atoms with Gasteiger partial charge < -0.3 is 0 Å². The van der Waals surface area contributed by atoms with Crippen molar-refractivity contribution in [3.63, 3.8) is 0 Å². The first kappa shape index (κ1) is 9.45. The summed E-state index contributed by atoms with van der Waals surface area (Å²) in [6, 6.07) is 2.00. The van der Waals surface area contributed by atoms with Gasteiger partial charge in [-0.15, -0.1) is 0 Å². The Kier molecular flexibility index (Phi) is 3.47. The minimum absolute atomic E-state index is 0.135. The predicted octanol–water partition coefficient (Wildman–Crippen LogP) is 1.65. The molecule has 12 heavy (non-hydrogen) atoms. The Morgan fingerprint density at radius 2 is 2.42 bits per heavy atom. The fraction of sp³-hybridized carbons (Fsp3) is 0.375. The molecule has 0 aliphatic heterocycles. The van der Waals surface area contributed by atoms with Gasteiger partial charge in [-0.3, -0.25) is 16.3 Å². The fourth-order valence-electron chi connectivity index (χ4n) is 1.07. The van der Waals surface area contributed by atoms with Gasteiger partial charge >= 0.3 is 0 Å². The summed E-state index contributed by atoms with van der Waals surface area (Å²) in [5, 5.41) is 0.640. The van der Waals surface area contributed by atoms with Crippen molar-refractivity contribution in [3.05, 3.63) is 29.0 Å². The molecule has 4 heteroatoms. The highest BCUT2D eigenvalue weighted by molar-refractivity contribution is 6.30. The van der Waals surface area contributed by atoms with Gasteiger partial charge in [0.1, 0.15) is 0 Å². The number of pyridine rings is 1. The van der Waals surface area contributed by atoms with E-state index in [0.29, 0.717) is 5.02 Å². The molecule has 66 valence electrons. The van der Waals surface area contributed by atoms with E-state index in [1.165, 1.54) is 0 Å². The zero-order valence-corrected chi connectivity index (χ0v) is 7.67. The third-order valence-electron chi connectivity index (χ3n) is 1.74. The molecule has 0 bridgehead atoms. The number of nitrogens with two attached hydrogens (primary N) is 1. The molecule has 0 saturated heterocycles. The highest BCUT2D eigenvalue weighted by Gasteiger charge is 2.06. The first-order valence-corrected chi connectivity index (χ1v) is 4.22. The number of rotatable bonds is 3. The minimum atomic E-state index is 0.135. The maximum Gasteiger partial charge on any atom is 0.0592 e. The predicted molar refractivity (Wildman–Crippen MR) is 49.6 cm³/mol. The van der Waals surface area contributed by atoms with Crippen molar-refractivity contribution in [1.82, 2.24) is 10.4 Å². The van der Waals surface area contributed by atoms with E-state index in [9.17, 15) is 0 Å². The van der Waals surface area contributed by atoms with E-state index in [-0.39, 0.29) is 6.04 Å². The highest BCUT2D eigenvalue weighted by Crippen LogP contribution is 2.17. The van der Waals surface area contributed by atoms with Crippen molar-refractivity contribution in [3.8, 4) is 0 Å². The van der Waals surface area contributed by atoms with Crippen molar-refractivity contribution in [2.75, 3.05) is 0 Å². The Morgan fingerprint density at radius 3 is 2.92 bits per heavy atom. The summed E-state index contributed by atoms with van der Waals surface area (Å²) in [5.74, 6) is 5.34. The lowest BCUT2D eigenvalue weighted by Gasteiger charge is -2.12. The van der Waals surface area contributed by atoms with Gasteiger partial charge in [0.2, 0.25) is 0 Å². The molecule has 1 aromatic rings. The zero-order chi connectivity index (χ0) is 8.97. The van der Waals surface area contributed by atoms with Crippen LogP contribution in [0.3, 0.4) is 0 Å². The summed E-state index contributed by atoms with van der Waals surface area (Å²) in [5.41, 5.74) is 3.72. The van der Waals surface area contributed by atoms with Crippen molar-refractivity contribution in [2.24, 2.45) is 5.84 Å². The molecule has 3 nitrogen and oxygen atoms in total. The largest absolute Gasteiger partial charge is 0.271 e. The van der Waals surface area contributed by atoms with Crippen LogP contribution in [-0.4, -0.2) is 4.98 Å². The van der Waals surface area contributed by atoms with E-state index in [0.717, 1.165) is 12.0 Å². The average molecular weight is 186 g/mol. The second-order valence-electron chi connectivity index (χ2n) is 2.56. The standard InChI is InChI=1S/C8H12ClN3/c1-2-8(12-10)6-3-7(9)5-11-4-6/h3-5,8,12H,2,10H2,1H3. The molecule has 1 aromatic heterocycles. The Hall–Kier alpha value is -0.640. The lowest BCUT2D eigenvalue weighted by Crippen LogP contribution is -2.27. The van der Waals surface area contributed by atoms with Crippen molar-refractivity contribution >= 4 is 11.6 Å². The van der Waals surface area contributed by atoms with E-state index in [4.69, 9.17) is 17.4 Å². The second kappa shape index (κ2) is 4.40. The summed E-state index contributed by atoms with van der Waals surface area (Å²) in [4.78, 5) is 3.97. The zero-order valence-electron chi connectivity index (χ0n) is 6.92. The van der Waals surface area contributed by atoms with E-state index in [2.05, 4.69) is 10.4 Å². The highest BCUT2D eigenvalue weighted by atomic mass is 35.5. The van der Waals surface area contributed by atoms with Crippen molar-refractivity contribution in [2.45, 2.75) is 19.4 Å². The van der Waals surface area contributed by atoms with Gasteiger partial charge in [-0.05, 0) is 18.1 Å². The van der Waals surface area contributed by atoms with Crippen LogP contribution < -0.4 is 11.3 Å². The van der Waals surface area contributed by atoms with E-state index in [1.54, 1.807) is 12.4 Å². The second-order valence-corrected chi connectivity index (χ2v) is 3.00. The molecule has 1 atom stereocenters. The molecule has 0 saturated carbocycles. The van der Waals surface area contributed by atoms with Crippen LogP contribution >= 0.6 is 11.6 Å². The number of hydrogen-bond donors (Lipinski definition) is 2. The lowest BCUT2D eigenvalue weighted by atomic mass is 10.1. The Balaban J connectivity index is 2.85. The van der Waals surface area contributed by atoms with Crippen LogP contribution in [0.15, 0.2) is 18.5 Å². The molecular weight excluding hydrogens is 174 g/mol. The van der Waals surface area contributed by atoms with Crippen molar-refractivity contribution in [1.29, 1.82) is 0 Å². The van der Waals surface area contributed by atoms with Crippen LogP contribution in [0.4, 0.5) is 0 Å². The molecule has 0 aliphatic carbocycles. The topological polar surface area (TPSA) is 50.9 Å². The Labute approximate surface area is 76.9 Å². The maximum atomic E-state index is 5.77. The first-order valence-electron chi connectivity index (χ1n) is 3.84.